The van der Waals surface area contributed by atoms with Gasteiger partial charge in [0.15, 0.2) is 0 Å². The van der Waals surface area contributed by atoms with Crippen molar-refractivity contribution in [3.05, 3.63) is 29.8 Å². The fourth-order valence-corrected chi connectivity index (χ4v) is 2.74. The van der Waals surface area contributed by atoms with Crippen molar-refractivity contribution in [2.75, 3.05) is 6.61 Å². The first kappa shape index (κ1) is 13.9. The van der Waals surface area contributed by atoms with E-state index in [-0.39, 0.29) is 5.92 Å². The van der Waals surface area contributed by atoms with Crippen molar-refractivity contribution in [2.24, 2.45) is 11.7 Å². The predicted molar refractivity (Wildman–Crippen MR) is 73.2 cm³/mol. The van der Waals surface area contributed by atoms with Gasteiger partial charge in [0, 0.05) is 0 Å². The smallest absolute Gasteiger partial charge is 0.323 e. The van der Waals surface area contributed by atoms with Crippen molar-refractivity contribution in [2.45, 2.75) is 38.1 Å². The highest BCUT2D eigenvalue weighted by Gasteiger charge is 2.45. The molecule has 0 spiro atoms. The number of rotatable bonds is 5. The third-order valence-corrected chi connectivity index (χ3v) is 4.03. The van der Waals surface area contributed by atoms with Gasteiger partial charge in [-0.25, -0.2) is 0 Å². The molecule has 0 saturated heterocycles. The molecule has 4 nitrogen and oxygen atoms in total. The molecule has 19 heavy (non-hydrogen) atoms. The van der Waals surface area contributed by atoms with Crippen LogP contribution in [0.25, 0.3) is 0 Å². The van der Waals surface area contributed by atoms with Crippen LogP contribution in [0.2, 0.25) is 0 Å². The van der Waals surface area contributed by atoms with E-state index in [9.17, 15) is 9.90 Å². The van der Waals surface area contributed by atoms with Gasteiger partial charge in [-0.15, -0.1) is 0 Å². The van der Waals surface area contributed by atoms with Crippen molar-refractivity contribution < 1.29 is 14.6 Å². The van der Waals surface area contributed by atoms with Gasteiger partial charge < -0.3 is 15.6 Å². The molecular formula is C15H21NO3. The van der Waals surface area contributed by atoms with Crippen LogP contribution in [-0.2, 0) is 4.79 Å². The lowest BCUT2D eigenvalue weighted by molar-refractivity contribution is -0.144. The summed E-state index contributed by atoms with van der Waals surface area (Å²) in [5, 5.41) is 9.22. The molecule has 0 aliphatic heterocycles. The van der Waals surface area contributed by atoms with E-state index in [4.69, 9.17) is 10.5 Å². The highest BCUT2D eigenvalue weighted by molar-refractivity contribution is 5.79. The largest absolute Gasteiger partial charge is 0.494 e. The normalized spacial score (nSPS) is 26.3. The van der Waals surface area contributed by atoms with Gasteiger partial charge in [-0.1, -0.05) is 24.1 Å². The van der Waals surface area contributed by atoms with Crippen LogP contribution in [0.5, 0.6) is 5.75 Å². The number of carboxylic acid groups (broad SMARTS) is 1. The molecule has 1 aromatic carbocycles. The molecular weight excluding hydrogens is 242 g/mol. The van der Waals surface area contributed by atoms with Crippen molar-refractivity contribution in [1.82, 2.24) is 0 Å². The highest BCUT2D eigenvalue weighted by atomic mass is 16.5. The third-order valence-electron chi connectivity index (χ3n) is 4.03. The Morgan fingerprint density at radius 1 is 1.47 bits per heavy atom. The summed E-state index contributed by atoms with van der Waals surface area (Å²) in [6.45, 7) is 2.54. The van der Waals surface area contributed by atoms with Crippen molar-refractivity contribution in [3.63, 3.8) is 0 Å². The molecule has 0 aromatic heterocycles. The molecule has 0 heterocycles. The number of nitrogens with two attached hydrogens (primary N) is 1. The van der Waals surface area contributed by atoms with Gasteiger partial charge in [-0.3, -0.25) is 4.79 Å². The zero-order chi connectivity index (χ0) is 13.9. The summed E-state index contributed by atoms with van der Waals surface area (Å²) in [7, 11) is 0. The second kappa shape index (κ2) is 5.61. The molecule has 2 unspecified atom stereocenters. The Bertz CT molecular complexity index is 443. The van der Waals surface area contributed by atoms with E-state index in [0.29, 0.717) is 19.4 Å². The Morgan fingerprint density at radius 3 is 2.79 bits per heavy atom. The van der Waals surface area contributed by atoms with Crippen molar-refractivity contribution in [1.29, 1.82) is 0 Å². The Labute approximate surface area is 113 Å². The zero-order valence-corrected chi connectivity index (χ0v) is 11.3. The number of ether oxygens (including phenoxy) is 1. The second-order valence-corrected chi connectivity index (χ2v) is 5.38. The van der Waals surface area contributed by atoms with Gasteiger partial charge in [0.25, 0.3) is 0 Å². The van der Waals surface area contributed by atoms with Crippen LogP contribution >= 0.6 is 0 Å². The van der Waals surface area contributed by atoms with E-state index in [1.165, 1.54) is 5.56 Å². The van der Waals surface area contributed by atoms with E-state index in [1.807, 2.05) is 31.2 Å². The minimum Gasteiger partial charge on any atom is -0.494 e. The third kappa shape index (κ3) is 3.07. The topological polar surface area (TPSA) is 72.5 Å². The Hall–Kier alpha value is -1.55. The van der Waals surface area contributed by atoms with Gasteiger partial charge >= 0.3 is 5.97 Å². The molecule has 104 valence electrons. The molecule has 2 rings (SSSR count). The molecule has 3 N–H and O–H groups in total. The Balaban J connectivity index is 1.85. The average molecular weight is 263 g/mol. The Kier molecular flexibility index (Phi) is 4.10. The number of hydrogen-bond donors (Lipinski definition) is 2. The predicted octanol–water partition coefficient (Wildman–Crippen LogP) is 2.35. The lowest BCUT2D eigenvalue weighted by Crippen LogP contribution is -2.51. The van der Waals surface area contributed by atoms with E-state index in [1.54, 1.807) is 0 Å². The summed E-state index contributed by atoms with van der Waals surface area (Å²) in [5.41, 5.74) is 6.12. The minimum atomic E-state index is -1.06. The summed E-state index contributed by atoms with van der Waals surface area (Å²) in [6, 6.07) is 7.85. The van der Waals surface area contributed by atoms with Crippen LogP contribution in [0.4, 0.5) is 0 Å². The van der Waals surface area contributed by atoms with E-state index in [2.05, 4.69) is 0 Å². The summed E-state index contributed by atoms with van der Waals surface area (Å²) in [6.07, 6.45) is 3.02. The molecule has 2 atom stereocenters. The monoisotopic (exact) mass is 263 g/mol. The Morgan fingerprint density at radius 2 is 2.16 bits per heavy atom. The van der Waals surface area contributed by atoms with Crippen LogP contribution < -0.4 is 10.5 Å². The number of aryl methyl sites for hydroxylation is 1. The first-order valence-electron chi connectivity index (χ1n) is 6.74. The fourth-order valence-electron chi connectivity index (χ4n) is 2.74. The average Bonchev–Trinajstić information content (AvgIpc) is 2.75. The SMILES string of the molecule is Cc1ccc(OCCC2CCCC2(N)C(=O)O)cc1. The molecule has 1 aliphatic rings. The van der Waals surface area contributed by atoms with Gasteiger partial charge in [-0.05, 0) is 44.2 Å². The number of aliphatic carboxylic acids is 1. The summed E-state index contributed by atoms with van der Waals surface area (Å²) < 4.78 is 5.65. The first-order chi connectivity index (χ1) is 9.02. The summed E-state index contributed by atoms with van der Waals surface area (Å²) in [5.74, 6) is -0.0534. The van der Waals surface area contributed by atoms with Gasteiger partial charge in [-0.2, -0.15) is 0 Å². The highest BCUT2D eigenvalue weighted by Crippen LogP contribution is 2.36. The van der Waals surface area contributed by atoms with Crippen molar-refractivity contribution in [3.8, 4) is 5.75 Å². The summed E-state index contributed by atoms with van der Waals surface area (Å²) in [4.78, 5) is 11.2. The maximum absolute atomic E-state index is 11.2. The quantitative estimate of drug-likeness (QED) is 0.855. The second-order valence-electron chi connectivity index (χ2n) is 5.38. The van der Waals surface area contributed by atoms with Crippen LogP contribution in [0, 0.1) is 12.8 Å². The van der Waals surface area contributed by atoms with Crippen LogP contribution in [-0.4, -0.2) is 23.2 Å². The van der Waals surface area contributed by atoms with Crippen LogP contribution in [0.1, 0.15) is 31.2 Å². The minimum absolute atomic E-state index is 0.00967. The standard InChI is InChI=1S/C15H21NO3/c1-11-4-6-13(7-5-11)19-10-8-12-3-2-9-15(12,16)14(17)18/h4-7,12H,2-3,8-10,16H2,1H3,(H,17,18). The van der Waals surface area contributed by atoms with Gasteiger partial charge in [0.1, 0.15) is 11.3 Å². The molecule has 1 aromatic rings. The van der Waals surface area contributed by atoms with E-state index < -0.39 is 11.5 Å². The maximum Gasteiger partial charge on any atom is 0.323 e. The maximum atomic E-state index is 11.2. The first-order valence-corrected chi connectivity index (χ1v) is 6.74. The molecule has 1 fully saturated rings. The molecule has 4 heteroatoms. The molecule has 0 radical (unpaired) electrons. The number of hydrogen-bond acceptors (Lipinski definition) is 3. The lowest BCUT2D eigenvalue weighted by Gasteiger charge is -2.26. The number of carbonyl (C=O) groups is 1. The number of benzene rings is 1. The number of carboxylic acids is 1. The van der Waals surface area contributed by atoms with E-state index in [0.717, 1.165) is 18.6 Å². The zero-order valence-electron chi connectivity index (χ0n) is 11.3. The molecule has 0 bridgehead atoms. The van der Waals surface area contributed by atoms with Gasteiger partial charge in [0.2, 0.25) is 0 Å². The molecule has 0 amide bonds. The van der Waals surface area contributed by atoms with Gasteiger partial charge in [0.05, 0.1) is 6.61 Å². The van der Waals surface area contributed by atoms with Crippen LogP contribution in [0.15, 0.2) is 24.3 Å². The summed E-state index contributed by atoms with van der Waals surface area (Å²) >= 11 is 0. The van der Waals surface area contributed by atoms with Crippen LogP contribution in [0.3, 0.4) is 0 Å². The van der Waals surface area contributed by atoms with E-state index >= 15 is 0 Å². The lowest BCUT2D eigenvalue weighted by atomic mass is 9.86. The fraction of sp³-hybridized carbons (Fsp3) is 0.533. The molecule has 1 aliphatic carbocycles. The van der Waals surface area contributed by atoms with Crippen molar-refractivity contribution >= 4 is 5.97 Å². The molecule has 1 saturated carbocycles.